The van der Waals surface area contributed by atoms with Gasteiger partial charge in [-0.3, -0.25) is 0 Å². The molecule has 1 aromatic carbocycles. The molecular weight excluding hydrogens is 353 g/mol. The molecule has 0 aliphatic heterocycles. The van der Waals surface area contributed by atoms with Crippen molar-refractivity contribution in [3.05, 3.63) is 29.8 Å². The largest absolute Gasteiger partial charge is 0.465 e. The van der Waals surface area contributed by atoms with Crippen molar-refractivity contribution in [2.45, 2.75) is 12.6 Å². The zero-order valence-electron chi connectivity index (χ0n) is 14.6. The summed E-state index contributed by atoms with van der Waals surface area (Å²) in [7, 11) is 3.77. The van der Waals surface area contributed by atoms with Gasteiger partial charge in [-0.2, -0.15) is 13.2 Å². The third kappa shape index (κ3) is 8.06. The molecular formula is C16H23F3N4O3. The predicted octanol–water partition coefficient (Wildman–Crippen LogP) is 2.76. The van der Waals surface area contributed by atoms with E-state index in [1.807, 2.05) is 19.0 Å². The van der Waals surface area contributed by atoms with E-state index in [0.717, 1.165) is 18.7 Å². The monoisotopic (exact) mass is 376 g/mol. The highest BCUT2D eigenvalue weighted by molar-refractivity contribution is 5.89. The fourth-order valence-corrected chi connectivity index (χ4v) is 2.14. The van der Waals surface area contributed by atoms with Crippen LogP contribution in [0.4, 0.5) is 28.4 Å². The quantitative estimate of drug-likeness (QED) is 0.651. The van der Waals surface area contributed by atoms with Crippen molar-refractivity contribution in [2.75, 3.05) is 45.6 Å². The Bertz CT molecular complexity index is 591. The number of carbonyl (C=O) groups excluding carboxylic acids is 1. The Morgan fingerprint density at radius 1 is 1.08 bits per heavy atom. The van der Waals surface area contributed by atoms with E-state index in [4.69, 9.17) is 5.11 Å². The maximum absolute atomic E-state index is 12.6. The number of alkyl halides is 3. The van der Waals surface area contributed by atoms with E-state index in [9.17, 15) is 22.8 Å². The summed E-state index contributed by atoms with van der Waals surface area (Å²) in [5, 5.41) is 13.3. The summed E-state index contributed by atoms with van der Waals surface area (Å²) in [4.78, 5) is 26.2. The first kappa shape index (κ1) is 21.6. The highest BCUT2D eigenvalue weighted by Gasteiger charge is 2.30. The minimum Gasteiger partial charge on any atom is -0.465 e. The van der Waals surface area contributed by atoms with E-state index in [1.54, 1.807) is 0 Å². The van der Waals surface area contributed by atoms with E-state index in [1.165, 1.54) is 17.0 Å². The topological polar surface area (TPSA) is 84.9 Å². The Labute approximate surface area is 149 Å². The Balaban J connectivity index is 2.68. The van der Waals surface area contributed by atoms with Gasteiger partial charge in [0, 0.05) is 25.3 Å². The van der Waals surface area contributed by atoms with Crippen molar-refractivity contribution < 1.29 is 27.9 Å². The minimum atomic E-state index is -4.44. The highest BCUT2D eigenvalue weighted by Crippen LogP contribution is 2.29. The van der Waals surface area contributed by atoms with Crippen LogP contribution in [0.3, 0.4) is 0 Å². The smallest absolute Gasteiger partial charge is 0.416 e. The second-order valence-electron chi connectivity index (χ2n) is 5.88. The molecule has 3 N–H and O–H groups in total. The van der Waals surface area contributed by atoms with Crippen LogP contribution in [-0.4, -0.2) is 67.3 Å². The minimum absolute atomic E-state index is 0.0533. The molecule has 0 spiro atoms. The Hall–Kier alpha value is -2.49. The van der Waals surface area contributed by atoms with E-state index < -0.39 is 23.9 Å². The van der Waals surface area contributed by atoms with Gasteiger partial charge >= 0.3 is 18.3 Å². The first-order valence-corrected chi connectivity index (χ1v) is 7.94. The number of nitrogens with zero attached hydrogens (tertiary/aromatic N) is 2. The number of urea groups is 1. The molecule has 1 aromatic rings. The first-order valence-electron chi connectivity index (χ1n) is 7.94. The summed E-state index contributed by atoms with van der Waals surface area (Å²) in [6.45, 7) is 1.31. The van der Waals surface area contributed by atoms with Gasteiger partial charge < -0.3 is 25.5 Å². The lowest BCUT2D eigenvalue weighted by molar-refractivity contribution is -0.137. The van der Waals surface area contributed by atoms with Crippen molar-refractivity contribution >= 4 is 17.8 Å². The number of hydrogen-bond donors (Lipinski definition) is 3. The molecule has 0 aliphatic rings. The fourth-order valence-electron chi connectivity index (χ4n) is 2.14. The summed E-state index contributed by atoms with van der Waals surface area (Å²) in [5.41, 5.74) is -0.573. The van der Waals surface area contributed by atoms with Gasteiger partial charge in [0.25, 0.3) is 0 Å². The number of anilines is 1. The molecule has 10 heteroatoms. The number of carbonyl (C=O) groups is 2. The molecule has 0 aliphatic carbocycles. The van der Waals surface area contributed by atoms with Gasteiger partial charge in [-0.05, 0) is 51.3 Å². The Kier molecular flexibility index (Phi) is 8.17. The predicted molar refractivity (Wildman–Crippen MR) is 91.2 cm³/mol. The average Bonchev–Trinajstić information content (AvgIpc) is 2.52. The van der Waals surface area contributed by atoms with Crippen molar-refractivity contribution in [1.29, 1.82) is 0 Å². The number of hydrogen-bond acceptors (Lipinski definition) is 3. The van der Waals surface area contributed by atoms with Crippen molar-refractivity contribution in [3.8, 4) is 0 Å². The lowest BCUT2D eigenvalue weighted by atomic mass is 10.2. The number of nitrogens with one attached hydrogen (secondary N) is 2. The van der Waals surface area contributed by atoms with Crippen molar-refractivity contribution in [3.63, 3.8) is 0 Å². The van der Waals surface area contributed by atoms with Crippen LogP contribution in [0.15, 0.2) is 24.3 Å². The second-order valence-corrected chi connectivity index (χ2v) is 5.88. The van der Waals surface area contributed by atoms with E-state index >= 15 is 0 Å². The summed E-state index contributed by atoms with van der Waals surface area (Å²) >= 11 is 0. The van der Waals surface area contributed by atoms with Crippen molar-refractivity contribution in [1.82, 2.24) is 15.1 Å². The van der Waals surface area contributed by atoms with Crippen LogP contribution in [0.5, 0.6) is 0 Å². The van der Waals surface area contributed by atoms with Crippen LogP contribution >= 0.6 is 0 Å². The number of carboxylic acid groups (broad SMARTS) is 1. The third-order valence-electron chi connectivity index (χ3n) is 3.44. The van der Waals surface area contributed by atoms with Crippen LogP contribution < -0.4 is 10.6 Å². The van der Waals surface area contributed by atoms with Crippen LogP contribution in [0.1, 0.15) is 12.0 Å². The molecule has 0 aromatic heterocycles. The molecule has 0 saturated carbocycles. The van der Waals surface area contributed by atoms with Gasteiger partial charge in [0.05, 0.1) is 5.56 Å². The molecule has 0 unspecified atom stereocenters. The molecule has 0 fully saturated rings. The lowest BCUT2D eigenvalue weighted by Crippen LogP contribution is -2.41. The molecule has 3 amide bonds. The van der Waals surface area contributed by atoms with Gasteiger partial charge in [0.1, 0.15) is 0 Å². The molecule has 1 rings (SSSR count). The molecule has 146 valence electrons. The summed E-state index contributed by atoms with van der Waals surface area (Å²) < 4.78 is 37.7. The summed E-state index contributed by atoms with van der Waals surface area (Å²) in [6.07, 6.45) is -4.97. The summed E-state index contributed by atoms with van der Waals surface area (Å²) in [6, 6.07) is 3.62. The van der Waals surface area contributed by atoms with Crippen LogP contribution in [0, 0.1) is 0 Å². The van der Waals surface area contributed by atoms with Crippen LogP contribution in [-0.2, 0) is 6.18 Å². The molecule has 0 atom stereocenters. The Morgan fingerprint density at radius 2 is 1.69 bits per heavy atom. The standard InChI is InChI=1S/C16H23F3N4O3/c1-22(2)9-3-10-23(11-8-20-15(25)26)14(24)21-13-6-4-12(5-7-13)16(17,18)19/h4-7,20H,3,8-11H2,1-2H3,(H,21,24)(H,25,26). The second kappa shape index (κ2) is 9.85. The van der Waals surface area contributed by atoms with Gasteiger partial charge in [0.2, 0.25) is 0 Å². The summed E-state index contributed by atoms with van der Waals surface area (Å²) in [5.74, 6) is 0. The number of rotatable bonds is 8. The van der Waals surface area contributed by atoms with Crippen molar-refractivity contribution in [2.24, 2.45) is 0 Å². The number of amides is 3. The van der Waals surface area contributed by atoms with E-state index in [0.29, 0.717) is 13.0 Å². The molecule has 0 radical (unpaired) electrons. The molecule has 0 bridgehead atoms. The average molecular weight is 376 g/mol. The molecule has 0 heterocycles. The van der Waals surface area contributed by atoms with Gasteiger partial charge in [-0.1, -0.05) is 0 Å². The van der Waals surface area contributed by atoms with E-state index in [2.05, 4.69) is 10.6 Å². The van der Waals surface area contributed by atoms with Crippen LogP contribution in [0.2, 0.25) is 0 Å². The maximum atomic E-state index is 12.6. The molecule has 0 saturated heterocycles. The van der Waals surface area contributed by atoms with Gasteiger partial charge in [-0.15, -0.1) is 0 Å². The Morgan fingerprint density at radius 3 is 2.19 bits per heavy atom. The number of benzene rings is 1. The lowest BCUT2D eigenvalue weighted by Gasteiger charge is -2.24. The molecule has 26 heavy (non-hydrogen) atoms. The van der Waals surface area contributed by atoms with Gasteiger partial charge in [0.15, 0.2) is 0 Å². The highest BCUT2D eigenvalue weighted by atomic mass is 19.4. The fraction of sp³-hybridized carbons (Fsp3) is 0.500. The molecule has 7 nitrogen and oxygen atoms in total. The maximum Gasteiger partial charge on any atom is 0.416 e. The van der Waals surface area contributed by atoms with Gasteiger partial charge in [-0.25, -0.2) is 9.59 Å². The number of halogens is 3. The first-order chi connectivity index (χ1) is 12.1. The normalized spacial score (nSPS) is 11.3. The SMILES string of the molecule is CN(C)CCCN(CCNC(=O)O)C(=O)Nc1ccc(C(F)(F)F)cc1. The zero-order chi connectivity index (χ0) is 19.7. The van der Waals surface area contributed by atoms with Crippen LogP contribution in [0.25, 0.3) is 0 Å². The van der Waals surface area contributed by atoms with E-state index in [-0.39, 0.29) is 18.8 Å². The third-order valence-corrected chi connectivity index (χ3v) is 3.44. The zero-order valence-corrected chi connectivity index (χ0v) is 14.6.